The summed E-state index contributed by atoms with van der Waals surface area (Å²) in [4.78, 5) is 12.7. The molecule has 2 atom stereocenters. The van der Waals surface area contributed by atoms with Crippen molar-refractivity contribution in [2.24, 2.45) is 5.92 Å². The monoisotopic (exact) mass is 343 g/mol. The SMILES string of the molecule is CCCOC(=O)C1CCCC1(CCC#N)c1cccc(OCCC)c1. The third-order valence-corrected chi connectivity index (χ3v) is 5.08. The van der Waals surface area contributed by atoms with Crippen molar-refractivity contribution in [2.45, 2.75) is 64.2 Å². The molecule has 0 aromatic heterocycles. The molecule has 1 aliphatic carbocycles. The van der Waals surface area contributed by atoms with Crippen LogP contribution >= 0.6 is 0 Å². The highest BCUT2D eigenvalue weighted by atomic mass is 16.5. The number of hydrogen-bond acceptors (Lipinski definition) is 4. The van der Waals surface area contributed by atoms with Crippen LogP contribution in [0.1, 0.15) is 64.4 Å². The highest BCUT2D eigenvalue weighted by Gasteiger charge is 2.48. The second kappa shape index (κ2) is 9.46. The summed E-state index contributed by atoms with van der Waals surface area (Å²) in [5.41, 5.74) is 0.791. The standard InChI is InChI=1S/C21H29NO3/c1-3-14-24-18-9-5-8-17(16-18)21(12-7-13-22)11-6-10-19(21)20(23)25-15-4-2/h5,8-9,16,19H,3-4,6-7,10-12,14-15H2,1-2H3. The van der Waals surface area contributed by atoms with Crippen molar-refractivity contribution in [3.8, 4) is 11.8 Å². The van der Waals surface area contributed by atoms with Gasteiger partial charge < -0.3 is 9.47 Å². The zero-order valence-corrected chi connectivity index (χ0v) is 15.4. The summed E-state index contributed by atoms with van der Waals surface area (Å²) in [5.74, 6) is 0.550. The van der Waals surface area contributed by atoms with Gasteiger partial charge in [-0.25, -0.2) is 0 Å². The van der Waals surface area contributed by atoms with Crippen LogP contribution < -0.4 is 4.74 Å². The molecular weight excluding hydrogens is 314 g/mol. The minimum atomic E-state index is -0.313. The van der Waals surface area contributed by atoms with E-state index in [2.05, 4.69) is 25.1 Å². The number of carbonyl (C=O) groups excluding carboxylic acids is 1. The zero-order valence-electron chi connectivity index (χ0n) is 15.4. The first-order valence-corrected chi connectivity index (χ1v) is 9.45. The second-order valence-corrected chi connectivity index (χ2v) is 6.80. The average Bonchev–Trinajstić information content (AvgIpc) is 3.08. The Morgan fingerprint density at radius 3 is 2.84 bits per heavy atom. The molecule has 1 fully saturated rings. The molecule has 4 heteroatoms. The highest BCUT2D eigenvalue weighted by molar-refractivity contribution is 5.75. The number of carbonyl (C=O) groups is 1. The fraction of sp³-hybridized carbons (Fsp3) is 0.619. The maximum absolute atomic E-state index is 12.7. The third kappa shape index (κ3) is 4.54. The van der Waals surface area contributed by atoms with Crippen LogP contribution in [0.4, 0.5) is 0 Å². The van der Waals surface area contributed by atoms with Gasteiger partial charge in [0.15, 0.2) is 0 Å². The van der Waals surface area contributed by atoms with Crippen molar-refractivity contribution >= 4 is 5.97 Å². The Morgan fingerprint density at radius 2 is 2.12 bits per heavy atom. The van der Waals surface area contributed by atoms with Crippen LogP contribution in [0.5, 0.6) is 5.75 Å². The van der Waals surface area contributed by atoms with E-state index in [0.29, 0.717) is 26.1 Å². The van der Waals surface area contributed by atoms with Gasteiger partial charge in [0.2, 0.25) is 0 Å². The minimum Gasteiger partial charge on any atom is -0.494 e. The maximum Gasteiger partial charge on any atom is 0.309 e. The molecule has 1 aromatic rings. The predicted octanol–water partition coefficient (Wildman–Crippen LogP) is 4.77. The van der Waals surface area contributed by atoms with Gasteiger partial charge in [-0.15, -0.1) is 0 Å². The van der Waals surface area contributed by atoms with Crippen molar-refractivity contribution in [3.05, 3.63) is 29.8 Å². The van der Waals surface area contributed by atoms with Crippen LogP contribution in [0.2, 0.25) is 0 Å². The smallest absolute Gasteiger partial charge is 0.309 e. The van der Waals surface area contributed by atoms with Gasteiger partial charge in [0.1, 0.15) is 5.75 Å². The lowest BCUT2D eigenvalue weighted by molar-refractivity contribution is -0.150. The van der Waals surface area contributed by atoms with Gasteiger partial charge in [-0.2, -0.15) is 5.26 Å². The average molecular weight is 343 g/mol. The molecule has 2 rings (SSSR count). The lowest BCUT2D eigenvalue weighted by Crippen LogP contribution is -2.36. The van der Waals surface area contributed by atoms with Crippen molar-refractivity contribution in [2.75, 3.05) is 13.2 Å². The van der Waals surface area contributed by atoms with E-state index in [4.69, 9.17) is 14.7 Å². The van der Waals surface area contributed by atoms with Crippen molar-refractivity contribution in [1.82, 2.24) is 0 Å². The van der Waals surface area contributed by atoms with Crippen molar-refractivity contribution in [1.29, 1.82) is 5.26 Å². The molecule has 0 aliphatic heterocycles. The van der Waals surface area contributed by atoms with Crippen LogP contribution in [0.3, 0.4) is 0 Å². The van der Waals surface area contributed by atoms with Gasteiger partial charge in [-0.1, -0.05) is 32.4 Å². The highest BCUT2D eigenvalue weighted by Crippen LogP contribution is 2.50. The van der Waals surface area contributed by atoms with Gasteiger partial charge >= 0.3 is 5.97 Å². The molecule has 0 spiro atoms. The summed E-state index contributed by atoms with van der Waals surface area (Å²) < 4.78 is 11.3. The van der Waals surface area contributed by atoms with E-state index in [0.717, 1.165) is 43.4 Å². The van der Waals surface area contributed by atoms with Crippen molar-refractivity contribution in [3.63, 3.8) is 0 Å². The van der Waals surface area contributed by atoms with Crippen LogP contribution in [0.25, 0.3) is 0 Å². The first-order valence-electron chi connectivity index (χ1n) is 9.45. The minimum absolute atomic E-state index is 0.114. The molecule has 25 heavy (non-hydrogen) atoms. The number of nitrogens with zero attached hydrogens (tertiary/aromatic N) is 1. The molecule has 1 aliphatic rings. The summed E-state index contributed by atoms with van der Waals surface area (Å²) in [6, 6.07) is 10.3. The predicted molar refractivity (Wildman–Crippen MR) is 97.3 cm³/mol. The molecular formula is C21H29NO3. The second-order valence-electron chi connectivity index (χ2n) is 6.80. The van der Waals surface area contributed by atoms with Gasteiger partial charge in [-0.05, 0) is 49.8 Å². The van der Waals surface area contributed by atoms with Crippen LogP contribution in [-0.4, -0.2) is 19.2 Å². The lowest BCUT2D eigenvalue weighted by Gasteiger charge is -2.34. The summed E-state index contributed by atoms with van der Waals surface area (Å²) in [7, 11) is 0. The number of nitriles is 1. The molecule has 0 heterocycles. The van der Waals surface area contributed by atoms with E-state index in [-0.39, 0.29) is 17.3 Å². The number of esters is 1. The van der Waals surface area contributed by atoms with Gasteiger partial charge in [0.05, 0.1) is 25.2 Å². The zero-order chi connectivity index (χ0) is 18.1. The molecule has 0 saturated heterocycles. The molecule has 1 aromatic carbocycles. The lowest BCUT2D eigenvalue weighted by atomic mass is 9.69. The summed E-state index contributed by atoms with van der Waals surface area (Å²) in [6.07, 6.45) is 5.63. The molecule has 4 nitrogen and oxygen atoms in total. The Hall–Kier alpha value is -2.02. The van der Waals surface area contributed by atoms with E-state index in [1.54, 1.807) is 0 Å². The van der Waals surface area contributed by atoms with Crippen LogP contribution in [-0.2, 0) is 14.9 Å². The molecule has 0 bridgehead atoms. The first kappa shape index (κ1) is 19.3. The normalized spacial score (nSPS) is 22.4. The fourth-order valence-corrected chi connectivity index (χ4v) is 3.90. The summed E-state index contributed by atoms with van der Waals surface area (Å²) >= 11 is 0. The van der Waals surface area contributed by atoms with Gasteiger partial charge in [-0.3, -0.25) is 4.79 Å². The number of ether oxygens (including phenoxy) is 2. The Labute approximate surface area is 151 Å². The largest absolute Gasteiger partial charge is 0.494 e. The number of rotatable bonds is 9. The maximum atomic E-state index is 12.7. The van der Waals surface area contributed by atoms with Gasteiger partial charge in [0.25, 0.3) is 0 Å². The molecule has 1 saturated carbocycles. The third-order valence-electron chi connectivity index (χ3n) is 5.08. The Kier molecular flexibility index (Phi) is 7.31. The Bertz CT molecular complexity index is 607. The Balaban J connectivity index is 2.33. The molecule has 0 radical (unpaired) electrons. The van der Waals surface area contributed by atoms with E-state index < -0.39 is 0 Å². The van der Waals surface area contributed by atoms with E-state index in [1.165, 1.54) is 0 Å². The summed E-state index contributed by atoms with van der Waals surface area (Å²) in [6.45, 7) is 5.22. The van der Waals surface area contributed by atoms with Gasteiger partial charge in [0, 0.05) is 11.8 Å². The Morgan fingerprint density at radius 1 is 1.32 bits per heavy atom. The van der Waals surface area contributed by atoms with Crippen molar-refractivity contribution < 1.29 is 14.3 Å². The fourth-order valence-electron chi connectivity index (χ4n) is 3.90. The molecule has 2 unspecified atom stereocenters. The molecule has 0 N–H and O–H groups in total. The van der Waals surface area contributed by atoms with Crippen LogP contribution in [0.15, 0.2) is 24.3 Å². The van der Waals surface area contributed by atoms with E-state index >= 15 is 0 Å². The van der Waals surface area contributed by atoms with E-state index in [9.17, 15) is 4.79 Å². The number of hydrogen-bond donors (Lipinski definition) is 0. The van der Waals surface area contributed by atoms with Crippen LogP contribution in [0, 0.1) is 17.2 Å². The first-order chi connectivity index (χ1) is 12.2. The summed E-state index contributed by atoms with van der Waals surface area (Å²) in [5, 5.41) is 9.13. The van der Waals surface area contributed by atoms with E-state index in [1.807, 2.05) is 19.1 Å². The number of benzene rings is 1. The quantitative estimate of drug-likeness (QED) is 0.606. The molecule has 136 valence electrons. The molecule has 0 amide bonds. The topological polar surface area (TPSA) is 59.3 Å².